The molecule has 4 nitrogen and oxygen atoms in total. The van der Waals surface area contributed by atoms with Gasteiger partial charge in [-0.1, -0.05) is 60.7 Å². The van der Waals surface area contributed by atoms with Gasteiger partial charge >= 0.3 is 0 Å². The summed E-state index contributed by atoms with van der Waals surface area (Å²) in [5, 5.41) is 15.7. The van der Waals surface area contributed by atoms with Crippen LogP contribution < -0.4 is 10.6 Å². The molecule has 0 fully saturated rings. The number of hydrogen-bond donors (Lipinski definition) is 3. The molecule has 0 aliphatic rings. The molecule has 0 saturated heterocycles. The Morgan fingerprint density at radius 2 is 1.36 bits per heavy atom. The zero-order valence-corrected chi connectivity index (χ0v) is 18.5. The van der Waals surface area contributed by atoms with Crippen LogP contribution in [0.4, 0.5) is 5.69 Å². The van der Waals surface area contributed by atoms with E-state index in [0.717, 1.165) is 11.1 Å². The number of hydrogen-bond acceptors (Lipinski definition) is 3. The van der Waals surface area contributed by atoms with Gasteiger partial charge in [0, 0.05) is 5.69 Å². The largest absolute Gasteiger partial charge is 0.506 e. The van der Waals surface area contributed by atoms with Gasteiger partial charge in [0.15, 0.2) is 5.11 Å². The van der Waals surface area contributed by atoms with Gasteiger partial charge in [0.1, 0.15) is 5.75 Å². The Labute approximate surface area is 185 Å². The zero-order valence-electron chi connectivity index (χ0n) is 14.5. The number of nitrogens with one attached hydrogen (secondary N) is 2. The molecule has 28 heavy (non-hydrogen) atoms. The van der Waals surface area contributed by atoms with Crippen molar-refractivity contribution < 1.29 is 9.90 Å². The first-order chi connectivity index (χ1) is 13.5. The second-order valence-electron chi connectivity index (χ2n) is 5.99. The molecule has 0 bridgehead atoms. The van der Waals surface area contributed by atoms with Crippen LogP contribution in [-0.2, 0) is 4.79 Å². The van der Waals surface area contributed by atoms with Crippen LogP contribution in [0.2, 0.25) is 0 Å². The molecular weight excluding hydrogens is 504 g/mol. The highest BCUT2D eigenvalue weighted by Gasteiger charge is 2.23. The molecule has 0 aliphatic carbocycles. The fourth-order valence-corrected chi connectivity index (χ4v) is 4.18. The van der Waals surface area contributed by atoms with E-state index in [4.69, 9.17) is 12.2 Å². The van der Waals surface area contributed by atoms with Crippen LogP contribution in [0.25, 0.3) is 0 Å². The summed E-state index contributed by atoms with van der Waals surface area (Å²) in [4.78, 5) is 13.0. The van der Waals surface area contributed by atoms with E-state index >= 15 is 0 Å². The van der Waals surface area contributed by atoms with Crippen molar-refractivity contribution >= 4 is 60.8 Å². The van der Waals surface area contributed by atoms with E-state index in [1.807, 2.05) is 60.7 Å². The minimum Gasteiger partial charge on any atom is -0.506 e. The van der Waals surface area contributed by atoms with Crippen LogP contribution in [0, 0.1) is 0 Å². The van der Waals surface area contributed by atoms with Crippen molar-refractivity contribution in [3.05, 3.63) is 92.9 Å². The lowest BCUT2D eigenvalue weighted by Crippen LogP contribution is -2.37. The highest BCUT2D eigenvalue weighted by Crippen LogP contribution is 2.35. The molecule has 142 valence electrons. The van der Waals surface area contributed by atoms with Crippen molar-refractivity contribution in [1.82, 2.24) is 5.32 Å². The molecule has 0 spiro atoms. The van der Waals surface area contributed by atoms with Gasteiger partial charge in [0.25, 0.3) is 0 Å². The number of thiocarbonyl (C=S) groups is 1. The van der Waals surface area contributed by atoms with Gasteiger partial charge in [-0.3, -0.25) is 4.79 Å². The minimum absolute atomic E-state index is 0.0914. The standard InChI is InChI=1S/C21H16Br2N2O2S/c22-16-11-15(12-17(23)19(16)26)24-21(28)25-20(27)18(13-7-3-1-4-8-13)14-9-5-2-6-10-14/h1-12,18,26H,(H2,24,25,27,28). The number of aromatic hydroxyl groups is 1. The summed E-state index contributed by atoms with van der Waals surface area (Å²) in [5.41, 5.74) is 2.38. The van der Waals surface area contributed by atoms with Gasteiger partial charge in [-0.05, 0) is 67.3 Å². The number of rotatable bonds is 4. The van der Waals surface area contributed by atoms with Gasteiger partial charge in [0.05, 0.1) is 14.9 Å². The maximum absolute atomic E-state index is 13.0. The van der Waals surface area contributed by atoms with E-state index in [0.29, 0.717) is 14.6 Å². The smallest absolute Gasteiger partial charge is 0.238 e. The van der Waals surface area contributed by atoms with E-state index < -0.39 is 5.92 Å². The van der Waals surface area contributed by atoms with E-state index in [1.165, 1.54) is 0 Å². The molecule has 3 rings (SSSR count). The first-order valence-corrected chi connectivity index (χ1v) is 10.3. The topological polar surface area (TPSA) is 61.4 Å². The van der Waals surface area contributed by atoms with Crippen LogP contribution in [-0.4, -0.2) is 16.1 Å². The molecule has 0 aromatic heterocycles. The molecule has 0 heterocycles. The number of benzene rings is 3. The summed E-state index contributed by atoms with van der Waals surface area (Å²) < 4.78 is 1.01. The summed E-state index contributed by atoms with van der Waals surface area (Å²) in [6, 6.07) is 22.5. The third-order valence-electron chi connectivity index (χ3n) is 4.04. The van der Waals surface area contributed by atoms with E-state index in [2.05, 4.69) is 42.5 Å². The van der Waals surface area contributed by atoms with Crippen LogP contribution in [0.5, 0.6) is 5.75 Å². The van der Waals surface area contributed by atoms with Crippen LogP contribution >= 0.6 is 44.1 Å². The Morgan fingerprint density at radius 3 is 1.82 bits per heavy atom. The SMILES string of the molecule is O=C(NC(=S)Nc1cc(Br)c(O)c(Br)c1)C(c1ccccc1)c1ccccc1. The molecule has 3 N–H and O–H groups in total. The maximum atomic E-state index is 13.0. The van der Waals surface area contributed by atoms with Crippen molar-refractivity contribution in [2.75, 3.05) is 5.32 Å². The van der Waals surface area contributed by atoms with Crippen LogP contribution in [0.3, 0.4) is 0 Å². The van der Waals surface area contributed by atoms with Crippen molar-refractivity contribution in [2.24, 2.45) is 0 Å². The number of carbonyl (C=O) groups is 1. The van der Waals surface area contributed by atoms with Gasteiger partial charge in [-0.15, -0.1) is 0 Å². The molecule has 3 aromatic carbocycles. The van der Waals surface area contributed by atoms with Crippen LogP contribution in [0.15, 0.2) is 81.7 Å². The first kappa shape index (κ1) is 20.5. The average Bonchev–Trinajstić information content (AvgIpc) is 2.68. The third kappa shape index (κ3) is 4.98. The molecular formula is C21H16Br2N2O2S. The molecule has 0 unspecified atom stereocenters. The van der Waals surface area contributed by atoms with Gasteiger partial charge < -0.3 is 15.7 Å². The monoisotopic (exact) mass is 518 g/mol. The second kappa shape index (κ2) is 9.32. The van der Waals surface area contributed by atoms with Crippen molar-refractivity contribution in [2.45, 2.75) is 5.92 Å². The highest BCUT2D eigenvalue weighted by atomic mass is 79.9. The predicted octanol–water partition coefficient (Wildman–Crippen LogP) is 5.56. The Bertz CT molecular complexity index is 935. The van der Waals surface area contributed by atoms with Crippen LogP contribution in [0.1, 0.15) is 17.0 Å². The van der Waals surface area contributed by atoms with Gasteiger partial charge in [-0.25, -0.2) is 0 Å². The Balaban J connectivity index is 1.79. The molecule has 0 radical (unpaired) electrons. The fraction of sp³-hybridized carbons (Fsp3) is 0.0476. The Morgan fingerprint density at radius 1 is 0.893 bits per heavy atom. The van der Waals surface area contributed by atoms with Crippen molar-refractivity contribution in [1.29, 1.82) is 0 Å². The molecule has 0 aliphatic heterocycles. The number of phenols is 1. The Kier molecular flexibility index (Phi) is 6.83. The highest BCUT2D eigenvalue weighted by molar-refractivity contribution is 9.11. The summed E-state index contributed by atoms with van der Waals surface area (Å²) in [7, 11) is 0. The number of anilines is 1. The maximum Gasteiger partial charge on any atom is 0.238 e. The summed E-state index contributed by atoms with van der Waals surface area (Å²) in [5.74, 6) is -0.624. The summed E-state index contributed by atoms with van der Waals surface area (Å²) >= 11 is 11.9. The molecule has 7 heteroatoms. The first-order valence-electron chi connectivity index (χ1n) is 8.35. The number of carbonyl (C=O) groups excluding carboxylic acids is 1. The molecule has 0 atom stereocenters. The summed E-state index contributed by atoms with van der Waals surface area (Å²) in [6.45, 7) is 0. The van der Waals surface area contributed by atoms with Crippen molar-refractivity contribution in [3.63, 3.8) is 0 Å². The Hall–Kier alpha value is -2.22. The quantitative estimate of drug-likeness (QED) is 0.312. The van der Waals surface area contributed by atoms with Gasteiger partial charge in [-0.2, -0.15) is 0 Å². The number of phenolic OH excluding ortho intramolecular Hbond substituents is 1. The fourth-order valence-electron chi connectivity index (χ4n) is 2.77. The van der Waals surface area contributed by atoms with Gasteiger partial charge in [0.2, 0.25) is 5.91 Å². The minimum atomic E-state index is -0.486. The lowest BCUT2D eigenvalue weighted by Gasteiger charge is -2.19. The van der Waals surface area contributed by atoms with E-state index in [-0.39, 0.29) is 16.8 Å². The molecule has 1 amide bonds. The lowest BCUT2D eigenvalue weighted by atomic mass is 9.90. The molecule has 3 aromatic rings. The number of amides is 1. The third-order valence-corrected chi connectivity index (χ3v) is 5.45. The summed E-state index contributed by atoms with van der Waals surface area (Å²) in [6.07, 6.45) is 0. The second-order valence-corrected chi connectivity index (χ2v) is 8.10. The number of halogens is 2. The molecule has 0 saturated carbocycles. The van der Waals surface area contributed by atoms with Crippen molar-refractivity contribution in [3.8, 4) is 5.75 Å². The predicted molar refractivity (Wildman–Crippen MR) is 123 cm³/mol. The normalized spacial score (nSPS) is 10.5. The van der Waals surface area contributed by atoms with E-state index in [9.17, 15) is 9.90 Å². The van der Waals surface area contributed by atoms with E-state index in [1.54, 1.807) is 12.1 Å². The average molecular weight is 520 g/mol. The zero-order chi connectivity index (χ0) is 20.1. The lowest BCUT2D eigenvalue weighted by molar-refractivity contribution is -0.120.